The number of hydrogen-bond acceptors (Lipinski definition) is 1. The van der Waals surface area contributed by atoms with Crippen molar-refractivity contribution in [3.05, 3.63) is 40.4 Å². The van der Waals surface area contributed by atoms with Crippen LogP contribution >= 0.6 is 11.6 Å². The standard InChI is InChI=1S/C10H6ClF3O/c11-9-4-3-7(2-1-5-15)6-8(9)10(12,13)14/h1,3-4,6H,2H2. The number of benzene rings is 1. The Morgan fingerprint density at radius 1 is 1.40 bits per heavy atom. The molecule has 0 spiro atoms. The molecule has 0 amide bonds. The van der Waals surface area contributed by atoms with Gasteiger partial charge in [-0.1, -0.05) is 17.7 Å². The summed E-state index contributed by atoms with van der Waals surface area (Å²) in [4.78, 5) is 9.90. The second kappa shape index (κ2) is 4.51. The number of carbonyl (C=O) groups excluding carboxylic acids is 1. The van der Waals surface area contributed by atoms with Gasteiger partial charge in [0, 0.05) is 12.5 Å². The van der Waals surface area contributed by atoms with Crippen LogP contribution in [0.2, 0.25) is 5.02 Å². The smallest absolute Gasteiger partial charge is 0.234 e. The molecule has 0 N–H and O–H groups in total. The fourth-order valence-electron chi connectivity index (χ4n) is 1.08. The molecule has 1 aromatic rings. The van der Waals surface area contributed by atoms with Crippen LogP contribution in [-0.2, 0) is 17.4 Å². The van der Waals surface area contributed by atoms with Crippen molar-refractivity contribution in [2.75, 3.05) is 0 Å². The third-order valence-electron chi connectivity index (χ3n) is 1.76. The zero-order valence-electron chi connectivity index (χ0n) is 7.44. The largest absolute Gasteiger partial charge is 0.417 e. The minimum absolute atomic E-state index is 0.115. The van der Waals surface area contributed by atoms with Crippen LogP contribution < -0.4 is 0 Å². The van der Waals surface area contributed by atoms with Crippen molar-refractivity contribution >= 4 is 17.5 Å². The molecule has 1 aromatic carbocycles. The summed E-state index contributed by atoms with van der Waals surface area (Å²) in [6.07, 6.45) is -3.24. The lowest BCUT2D eigenvalue weighted by Crippen LogP contribution is -2.06. The molecule has 0 atom stereocenters. The normalized spacial score (nSPS) is 10.9. The van der Waals surface area contributed by atoms with Crippen LogP contribution in [0.3, 0.4) is 0 Å². The molecular formula is C10H6ClF3O. The van der Waals surface area contributed by atoms with E-state index in [1.807, 2.05) is 0 Å². The fraction of sp³-hybridized carbons (Fsp3) is 0.200. The average molecular weight is 235 g/mol. The van der Waals surface area contributed by atoms with Crippen LogP contribution in [0.25, 0.3) is 0 Å². The van der Waals surface area contributed by atoms with E-state index >= 15 is 0 Å². The van der Waals surface area contributed by atoms with Gasteiger partial charge in [-0.05, 0) is 17.7 Å². The number of halogens is 4. The first-order chi connectivity index (χ1) is 6.95. The zero-order chi connectivity index (χ0) is 11.5. The summed E-state index contributed by atoms with van der Waals surface area (Å²) < 4.78 is 37.1. The molecule has 1 rings (SSSR count). The Labute approximate surface area is 89.2 Å². The Bertz CT molecular complexity index is 406. The van der Waals surface area contributed by atoms with Crippen LogP contribution in [0.4, 0.5) is 13.2 Å². The van der Waals surface area contributed by atoms with Gasteiger partial charge in [0.25, 0.3) is 0 Å². The Morgan fingerprint density at radius 3 is 2.60 bits per heavy atom. The number of rotatable bonds is 2. The van der Waals surface area contributed by atoms with Gasteiger partial charge in [-0.2, -0.15) is 13.2 Å². The highest BCUT2D eigenvalue weighted by Crippen LogP contribution is 2.35. The van der Waals surface area contributed by atoms with Crippen molar-refractivity contribution < 1.29 is 18.0 Å². The van der Waals surface area contributed by atoms with Gasteiger partial charge < -0.3 is 0 Å². The maximum absolute atomic E-state index is 12.4. The van der Waals surface area contributed by atoms with E-state index in [0.29, 0.717) is 5.56 Å². The number of hydrogen-bond donors (Lipinski definition) is 0. The predicted molar refractivity (Wildman–Crippen MR) is 50.4 cm³/mol. The molecule has 5 heteroatoms. The van der Waals surface area contributed by atoms with Gasteiger partial charge in [0.05, 0.1) is 10.6 Å². The highest BCUT2D eigenvalue weighted by atomic mass is 35.5. The van der Waals surface area contributed by atoms with Crippen molar-refractivity contribution in [3.8, 4) is 0 Å². The molecular weight excluding hydrogens is 229 g/mol. The molecule has 80 valence electrons. The summed E-state index contributed by atoms with van der Waals surface area (Å²) in [6, 6.07) is 3.53. The van der Waals surface area contributed by atoms with E-state index < -0.39 is 11.7 Å². The van der Waals surface area contributed by atoms with Gasteiger partial charge in [0.1, 0.15) is 5.94 Å². The van der Waals surface area contributed by atoms with Crippen LogP contribution in [0.1, 0.15) is 11.1 Å². The Balaban J connectivity index is 3.11. The molecule has 0 aliphatic heterocycles. The van der Waals surface area contributed by atoms with Crippen molar-refractivity contribution in [1.82, 2.24) is 0 Å². The first-order valence-electron chi connectivity index (χ1n) is 4.00. The third kappa shape index (κ3) is 3.11. The summed E-state index contributed by atoms with van der Waals surface area (Å²) in [6.45, 7) is 0. The summed E-state index contributed by atoms with van der Waals surface area (Å²) in [5, 5.41) is -0.346. The lowest BCUT2D eigenvalue weighted by molar-refractivity contribution is -0.137. The molecule has 0 unspecified atom stereocenters. The van der Waals surface area contributed by atoms with Gasteiger partial charge in [0.2, 0.25) is 0 Å². The highest BCUT2D eigenvalue weighted by molar-refractivity contribution is 6.31. The minimum atomic E-state index is -4.47. The quantitative estimate of drug-likeness (QED) is 0.718. The zero-order valence-corrected chi connectivity index (χ0v) is 8.19. The van der Waals surface area contributed by atoms with Gasteiger partial charge >= 0.3 is 6.18 Å². The maximum atomic E-state index is 12.4. The van der Waals surface area contributed by atoms with E-state index in [0.717, 1.165) is 12.1 Å². The fourth-order valence-corrected chi connectivity index (χ4v) is 1.30. The van der Waals surface area contributed by atoms with E-state index in [1.165, 1.54) is 18.1 Å². The third-order valence-corrected chi connectivity index (χ3v) is 2.09. The number of alkyl halides is 3. The summed E-state index contributed by atoms with van der Waals surface area (Å²) in [5.41, 5.74) is -0.518. The van der Waals surface area contributed by atoms with E-state index in [2.05, 4.69) is 0 Å². The molecule has 0 heterocycles. The lowest BCUT2D eigenvalue weighted by Gasteiger charge is -2.09. The second-order valence-electron chi connectivity index (χ2n) is 2.84. The van der Waals surface area contributed by atoms with Crippen molar-refractivity contribution in [2.24, 2.45) is 0 Å². The van der Waals surface area contributed by atoms with E-state index in [1.54, 1.807) is 0 Å². The van der Waals surface area contributed by atoms with Gasteiger partial charge in [0.15, 0.2) is 0 Å². The van der Waals surface area contributed by atoms with Crippen LogP contribution in [-0.4, -0.2) is 5.94 Å². The van der Waals surface area contributed by atoms with E-state index in [-0.39, 0.29) is 11.4 Å². The molecule has 0 bridgehead atoms. The van der Waals surface area contributed by atoms with Crippen molar-refractivity contribution in [2.45, 2.75) is 12.6 Å². The lowest BCUT2D eigenvalue weighted by atomic mass is 10.1. The molecule has 0 aliphatic carbocycles. The highest BCUT2D eigenvalue weighted by Gasteiger charge is 2.33. The average Bonchev–Trinajstić information content (AvgIpc) is 2.15. The van der Waals surface area contributed by atoms with Crippen molar-refractivity contribution in [3.63, 3.8) is 0 Å². The Morgan fingerprint density at radius 2 is 2.07 bits per heavy atom. The molecule has 0 aliphatic rings. The predicted octanol–water partition coefficient (Wildman–Crippen LogP) is 3.29. The first kappa shape index (κ1) is 11.8. The summed E-state index contributed by atoms with van der Waals surface area (Å²) in [7, 11) is 0. The molecule has 0 fully saturated rings. The molecule has 15 heavy (non-hydrogen) atoms. The van der Waals surface area contributed by atoms with Gasteiger partial charge in [-0.3, -0.25) is 0 Å². The molecule has 0 radical (unpaired) electrons. The van der Waals surface area contributed by atoms with Crippen LogP contribution in [0, 0.1) is 0 Å². The first-order valence-corrected chi connectivity index (χ1v) is 4.38. The second-order valence-corrected chi connectivity index (χ2v) is 3.25. The Hall–Kier alpha value is -1.25. The summed E-state index contributed by atoms with van der Waals surface area (Å²) in [5.74, 6) is 1.50. The minimum Gasteiger partial charge on any atom is -0.234 e. The Kier molecular flexibility index (Phi) is 3.56. The molecule has 0 saturated heterocycles. The van der Waals surface area contributed by atoms with Crippen molar-refractivity contribution in [1.29, 1.82) is 0 Å². The molecule has 0 saturated carbocycles. The molecule has 0 aromatic heterocycles. The monoisotopic (exact) mass is 234 g/mol. The van der Waals surface area contributed by atoms with Crippen LogP contribution in [0.5, 0.6) is 0 Å². The van der Waals surface area contributed by atoms with Gasteiger partial charge in [-0.15, -0.1) is 0 Å². The maximum Gasteiger partial charge on any atom is 0.417 e. The SMILES string of the molecule is O=C=CCc1ccc(Cl)c(C(F)(F)F)c1. The topological polar surface area (TPSA) is 17.1 Å². The van der Waals surface area contributed by atoms with E-state index in [9.17, 15) is 18.0 Å². The van der Waals surface area contributed by atoms with Crippen LogP contribution in [0.15, 0.2) is 24.3 Å². The van der Waals surface area contributed by atoms with Gasteiger partial charge in [-0.25, -0.2) is 4.79 Å². The number of allylic oxidation sites excluding steroid dienone is 1. The molecule has 1 nitrogen and oxygen atoms in total. The van der Waals surface area contributed by atoms with E-state index in [4.69, 9.17) is 11.6 Å². The summed E-state index contributed by atoms with van der Waals surface area (Å²) >= 11 is 5.41.